The molecule has 1 aromatic carbocycles. The minimum absolute atomic E-state index is 0.226. The normalized spacial score (nSPS) is 15.7. The van der Waals surface area contributed by atoms with Crippen molar-refractivity contribution in [1.82, 2.24) is 5.32 Å². The van der Waals surface area contributed by atoms with Crippen molar-refractivity contribution in [1.29, 1.82) is 0 Å². The molecule has 112 valence electrons. The Kier molecular flexibility index (Phi) is 4.52. The summed E-state index contributed by atoms with van der Waals surface area (Å²) in [4.78, 5) is 14.5. The van der Waals surface area contributed by atoms with E-state index in [1.807, 2.05) is 0 Å². The Morgan fingerprint density at radius 1 is 1.48 bits per heavy atom. The molecule has 0 saturated carbocycles. The quantitative estimate of drug-likeness (QED) is 0.352. The van der Waals surface area contributed by atoms with Gasteiger partial charge in [0.25, 0.3) is 0 Å². The van der Waals surface area contributed by atoms with E-state index in [4.69, 9.17) is 20.7 Å². The van der Waals surface area contributed by atoms with Crippen LogP contribution in [0.25, 0.3) is 10.4 Å². The Labute approximate surface area is 121 Å². The van der Waals surface area contributed by atoms with Crippen LogP contribution in [-0.4, -0.2) is 32.2 Å². The van der Waals surface area contributed by atoms with Crippen LogP contribution in [0.15, 0.2) is 23.3 Å². The molecule has 2 rings (SSSR count). The Hall–Kier alpha value is -2.44. The summed E-state index contributed by atoms with van der Waals surface area (Å²) >= 11 is 0. The first kappa shape index (κ1) is 15.0. The van der Waals surface area contributed by atoms with Crippen LogP contribution < -0.4 is 20.5 Å². The number of nitrogens with one attached hydrogen (secondary N) is 1. The van der Waals surface area contributed by atoms with Crippen molar-refractivity contribution in [3.05, 3.63) is 34.2 Å². The van der Waals surface area contributed by atoms with Gasteiger partial charge >= 0.3 is 0 Å². The van der Waals surface area contributed by atoms with Crippen LogP contribution in [0.5, 0.6) is 11.5 Å². The van der Waals surface area contributed by atoms with Crippen LogP contribution in [0.4, 0.5) is 0 Å². The molecule has 1 unspecified atom stereocenters. The number of hydrogen-bond donors (Lipinski definition) is 2. The number of azide groups is 1. The van der Waals surface area contributed by atoms with Gasteiger partial charge in [-0.25, -0.2) is 0 Å². The second-order valence-corrected chi connectivity index (χ2v) is 4.73. The lowest BCUT2D eigenvalue weighted by Crippen LogP contribution is -2.51. The van der Waals surface area contributed by atoms with Crippen molar-refractivity contribution in [3.8, 4) is 11.5 Å². The zero-order valence-electron chi connectivity index (χ0n) is 11.7. The van der Waals surface area contributed by atoms with Crippen LogP contribution in [0.3, 0.4) is 0 Å². The average Bonchev–Trinajstić information content (AvgIpc) is 2.50. The zero-order valence-corrected chi connectivity index (χ0v) is 11.7. The monoisotopic (exact) mass is 291 g/mol. The molecule has 0 spiro atoms. The molecule has 0 saturated heterocycles. The van der Waals surface area contributed by atoms with E-state index in [2.05, 4.69) is 15.3 Å². The van der Waals surface area contributed by atoms with Gasteiger partial charge in [-0.15, -0.1) is 0 Å². The second kappa shape index (κ2) is 6.34. The maximum absolute atomic E-state index is 11.8. The number of benzene rings is 1. The Balaban J connectivity index is 2.24. The van der Waals surface area contributed by atoms with Gasteiger partial charge in [-0.1, -0.05) is 11.2 Å². The van der Waals surface area contributed by atoms with Crippen molar-refractivity contribution in [2.24, 2.45) is 10.8 Å². The molecule has 0 aromatic heterocycles. The van der Waals surface area contributed by atoms with Gasteiger partial charge in [0.1, 0.15) is 18.8 Å². The molecular formula is C13H17N5O3. The van der Waals surface area contributed by atoms with Gasteiger partial charge in [-0.3, -0.25) is 10.1 Å². The van der Waals surface area contributed by atoms with Crippen molar-refractivity contribution in [3.63, 3.8) is 0 Å². The molecule has 1 aromatic rings. The van der Waals surface area contributed by atoms with E-state index in [1.54, 1.807) is 25.1 Å². The minimum atomic E-state index is -1.08. The largest absolute Gasteiger partial charge is 0.486 e. The topological polar surface area (TPSA) is 122 Å². The first-order valence-corrected chi connectivity index (χ1v) is 6.54. The number of ether oxygens (including phenoxy) is 2. The standard InChI is InChI=1S/C13H17N5O3/c1-13(12(14)19,16-4-5-17-18-15)9-2-3-10-11(8-9)21-7-6-20-10/h2-3,8,16H,4-7H2,1H3,(H2,14,19). The van der Waals surface area contributed by atoms with Crippen molar-refractivity contribution in [2.45, 2.75) is 12.5 Å². The summed E-state index contributed by atoms with van der Waals surface area (Å²) in [7, 11) is 0. The van der Waals surface area contributed by atoms with E-state index in [0.717, 1.165) is 0 Å². The first-order valence-electron chi connectivity index (χ1n) is 6.54. The number of nitrogens with zero attached hydrogens (tertiary/aromatic N) is 3. The molecule has 8 nitrogen and oxygen atoms in total. The smallest absolute Gasteiger partial charge is 0.242 e. The molecule has 8 heteroatoms. The van der Waals surface area contributed by atoms with Crippen LogP contribution >= 0.6 is 0 Å². The summed E-state index contributed by atoms with van der Waals surface area (Å²) in [5.41, 5.74) is 13.4. The summed E-state index contributed by atoms with van der Waals surface area (Å²) in [6, 6.07) is 5.25. The number of amides is 1. The summed E-state index contributed by atoms with van der Waals surface area (Å²) < 4.78 is 11.0. The van der Waals surface area contributed by atoms with E-state index < -0.39 is 11.4 Å². The average molecular weight is 291 g/mol. The summed E-state index contributed by atoms with van der Waals surface area (Å²) in [5, 5.41) is 6.44. The van der Waals surface area contributed by atoms with Gasteiger partial charge in [0.05, 0.1) is 0 Å². The summed E-state index contributed by atoms with van der Waals surface area (Å²) in [6.07, 6.45) is 0. The van der Waals surface area contributed by atoms with Gasteiger partial charge in [-0.05, 0) is 30.2 Å². The fourth-order valence-electron chi connectivity index (χ4n) is 2.09. The van der Waals surface area contributed by atoms with Crippen molar-refractivity contribution < 1.29 is 14.3 Å². The van der Waals surface area contributed by atoms with E-state index in [1.165, 1.54) is 0 Å². The fourth-order valence-corrected chi connectivity index (χ4v) is 2.09. The first-order chi connectivity index (χ1) is 10.1. The number of rotatable bonds is 6. The molecule has 1 aliphatic heterocycles. The molecular weight excluding hydrogens is 274 g/mol. The molecule has 1 amide bonds. The maximum atomic E-state index is 11.8. The van der Waals surface area contributed by atoms with E-state index in [-0.39, 0.29) is 6.54 Å². The lowest BCUT2D eigenvalue weighted by molar-refractivity contribution is -0.124. The number of hydrogen-bond acceptors (Lipinski definition) is 5. The highest BCUT2D eigenvalue weighted by molar-refractivity contribution is 5.86. The molecule has 0 aliphatic carbocycles. The van der Waals surface area contributed by atoms with Crippen LogP contribution in [0.1, 0.15) is 12.5 Å². The molecule has 3 N–H and O–H groups in total. The Bertz CT molecular complexity index is 585. The Morgan fingerprint density at radius 3 is 2.86 bits per heavy atom. The van der Waals surface area contributed by atoms with Crippen LogP contribution in [0, 0.1) is 0 Å². The zero-order chi connectivity index (χ0) is 15.3. The molecule has 1 aliphatic rings. The second-order valence-electron chi connectivity index (χ2n) is 4.73. The molecule has 0 bridgehead atoms. The van der Waals surface area contributed by atoms with E-state index in [0.29, 0.717) is 36.8 Å². The third-order valence-corrected chi connectivity index (χ3v) is 3.37. The van der Waals surface area contributed by atoms with E-state index in [9.17, 15) is 4.79 Å². The number of primary amides is 1. The highest BCUT2D eigenvalue weighted by Gasteiger charge is 2.33. The SMILES string of the molecule is CC(NCCN=[N+]=[N-])(C(N)=O)c1ccc2c(c1)OCCO2. The lowest BCUT2D eigenvalue weighted by atomic mass is 9.90. The molecule has 21 heavy (non-hydrogen) atoms. The van der Waals surface area contributed by atoms with Crippen molar-refractivity contribution >= 4 is 5.91 Å². The third-order valence-electron chi connectivity index (χ3n) is 3.37. The molecule has 1 heterocycles. The highest BCUT2D eigenvalue weighted by Crippen LogP contribution is 2.34. The number of carbonyl (C=O) groups is 1. The van der Waals surface area contributed by atoms with Gasteiger partial charge in [0.15, 0.2) is 11.5 Å². The van der Waals surface area contributed by atoms with Crippen LogP contribution in [-0.2, 0) is 10.3 Å². The predicted molar refractivity (Wildman–Crippen MR) is 76.0 cm³/mol. The molecule has 0 radical (unpaired) electrons. The van der Waals surface area contributed by atoms with Crippen LogP contribution in [0.2, 0.25) is 0 Å². The molecule has 0 fully saturated rings. The maximum Gasteiger partial charge on any atom is 0.242 e. The van der Waals surface area contributed by atoms with Gasteiger partial charge in [0, 0.05) is 18.0 Å². The number of nitrogens with two attached hydrogens (primary N) is 1. The van der Waals surface area contributed by atoms with Crippen molar-refractivity contribution in [2.75, 3.05) is 26.3 Å². The minimum Gasteiger partial charge on any atom is -0.486 e. The summed E-state index contributed by atoms with van der Waals surface area (Å²) in [6.45, 7) is 3.20. The van der Waals surface area contributed by atoms with E-state index >= 15 is 0 Å². The fraction of sp³-hybridized carbons (Fsp3) is 0.462. The number of carbonyl (C=O) groups excluding carboxylic acids is 1. The highest BCUT2D eigenvalue weighted by atomic mass is 16.6. The Morgan fingerprint density at radius 2 is 2.19 bits per heavy atom. The molecule has 1 atom stereocenters. The lowest BCUT2D eigenvalue weighted by Gasteiger charge is -2.29. The van der Waals surface area contributed by atoms with Gasteiger partial charge in [-0.2, -0.15) is 0 Å². The van der Waals surface area contributed by atoms with Gasteiger partial charge < -0.3 is 15.2 Å². The summed E-state index contributed by atoms with van der Waals surface area (Å²) in [5.74, 6) is 0.703. The third kappa shape index (κ3) is 3.18. The number of fused-ring (bicyclic) bond motifs is 1. The van der Waals surface area contributed by atoms with Gasteiger partial charge in [0.2, 0.25) is 5.91 Å². The predicted octanol–water partition coefficient (Wildman–Crippen LogP) is 1.06.